The Bertz CT molecular complexity index is 352. The van der Waals surface area contributed by atoms with Crippen LogP contribution >= 0.6 is 0 Å². The molecule has 1 aromatic carbocycles. The molecule has 2 heteroatoms. The molecule has 0 aliphatic heterocycles. The van der Waals surface area contributed by atoms with Gasteiger partial charge >= 0.3 is 0 Å². The molecule has 2 nitrogen and oxygen atoms in total. The molecule has 1 rings (SSSR count). The van der Waals surface area contributed by atoms with E-state index in [-0.39, 0.29) is 11.9 Å². The van der Waals surface area contributed by atoms with Gasteiger partial charge in [0.15, 0.2) is 0 Å². The van der Waals surface area contributed by atoms with Crippen molar-refractivity contribution in [3.05, 3.63) is 42.5 Å². The lowest BCUT2D eigenvalue weighted by Gasteiger charge is -2.10. The van der Waals surface area contributed by atoms with Crippen molar-refractivity contribution in [3.8, 4) is 5.75 Å². The lowest BCUT2D eigenvalue weighted by Crippen LogP contribution is -2.07. The normalized spacial score (nSPS) is 11.9. The maximum absolute atomic E-state index is 10.8. The zero-order valence-corrected chi connectivity index (χ0v) is 9.90. The number of aryl methyl sites for hydroxylation is 1. The van der Waals surface area contributed by atoms with Crippen LogP contribution in [0.1, 0.15) is 25.8 Å². The number of Topliss-reactive ketones (excluding diaryl/α,β-unsaturated/α-hetero) is 1. The Morgan fingerprint density at radius 1 is 1.44 bits per heavy atom. The predicted molar refractivity (Wildman–Crippen MR) is 65.7 cm³/mol. The van der Waals surface area contributed by atoms with Crippen molar-refractivity contribution in [1.29, 1.82) is 0 Å². The van der Waals surface area contributed by atoms with Crippen LogP contribution in [0.2, 0.25) is 0 Å². The van der Waals surface area contributed by atoms with Gasteiger partial charge in [-0.2, -0.15) is 0 Å². The molecule has 16 heavy (non-hydrogen) atoms. The molecule has 0 aliphatic carbocycles. The van der Waals surface area contributed by atoms with Gasteiger partial charge in [-0.15, -0.1) is 0 Å². The maximum atomic E-state index is 10.8. The fraction of sp³-hybridized carbons (Fsp3) is 0.357. The third kappa shape index (κ3) is 4.30. The average molecular weight is 218 g/mol. The lowest BCUT2D eigenvalue weighted by atomic mass is 10.1. The van der Waals surface area contributed by atoms with E-state index in [9.17, 15) is 4.79 Å². The summed E-state index contributed by atoms with van der Waals surface area (Å²) in [5, 5.41) is 0. The van der Waals surface area contributed by atoms with E-state index in [0.29, 0.717) is 6.42 Å². The van der Waals surface area contributed by atoms with Crippen LogP contribution in [0.25, 0.3) is 0 Å². The van der Waals surface area contributed by atoms with Crippen molar-refractivity contribution in [2.75, 3.05) is 0 Å². The van der Waals surface area contributed by atoms with Gasteiger partial charge in [0.05, 0.1) is 0 Å². The first-order valence-electron chi connectivity index (χ1n) is 5.49. The van der Waals surface area contributed by atoms with E-state index in [1.807, 2.05) is 31.2 Å². The van der Waals surface area contributed by atoms with E-state index in [1.54, 1.807) is 13.0 Å². The topological polar surface area (TPSA) is 26.3 Å². The van der Waals surface area contributed by atoms with Gasteiger partial charge in [0.1, 0.15) is 17.6 Å². The van der Waals surface area contributed by atoms with Gasteiger partial charge in [0, 0.05) is 6.42 Å². The second kappa shape index (κ2) is 6.11. The van der Waals surface area contributed by atoms with Crippen LogP contribution in [0.4, 0.5) is 0 Å². The third-order valence-corrected chi connectivity index (χ3v) is 2.34. The van der Waals surface area contributed by atoms with E-state index in [1.165, 1.54) is 0 Å². The summed E-state index contributed by atoms with van der Waals surface area (Å²) in [4.78, 5) is 10.8. The number of carbonyl (C=O) groups excluding carboxylic acids is 1. The standard InChI is InChI=1S/C14H18O2/c1-4-12(3)16-14-9-7-13(8-10-14)6-5-11(2)15/h4,7-10,12H,1,5-6H2,2-3H3. The average Bonchev–Trinajstić information content (AvgIpc) is 2.28. The van der Waals surface area contributed by atoms with Crippen LogP contribution in [-0.4, -0.2) is 11.9 Å². The molecule has 0 spiro atoms. The van der Waals surface area contributed by atoms with Crippen molar-refractivity contribution in [2.45, 2.75) is 32.8 Å². The monoisotopic (exact) mass is 218 g/mol. The highest BCUT2D eigenvalue weighted by Gasteiger charge is 2.00. The number of ether oxygens (including phenoxy) is 1. The number of hydrogen-bond acceptors (Lipinski definition) is 2. The molecule has 0 aromatic heterocycles. The molecule has 0 amide bonds. The first kappa shape index (κ1) is 12.5. The van der Waals surface area contributed by atoms with Gasteiger partial charge in [0.25, 0.3) is 0 Å². The molecule has 0 bridgehead atoms. The minimum absolute atomic E-state index is 0.0167. The molecule has 0 saturated heterocycles. The van der Waals surface area contributed by atoms with Gasteiger partial charge in [-0.1, -0.05) is 24.8 Å². The number of benzene rings is 1. The highest BCUT2D eigenvalue weighted by atomic mass is 16.5. The summed E-state index contributed by atoms with van der Waals surface area (Å²) in [5.74, 6) is 1.06. The Labute approximate surface area is 96.9 Å². The van der Waals surface area contributed by atoms with E-state index < -0.39 is 0 Å². The van der Waals surface area contributed by atoms with Crippen molar-refractivity contribution in [2.24, 2.45) is 0 Å². The fourth-order valence-corrected chi connectivity index (χ4v) is 1.32. The van der Waals surface area contributed by atoms with Crippen LogP contribution in [-0.2, 0) is 11.2 Å². The van der Waals surface area contributed by atoms with Crippen molar-refractivity contribution in [3.63, 3.8) is 0 Å². The zero-order chi connectivity index (χ0) is 12.0. The van der Waals surface area contributed by atoms with E-state index >= 15 is 0 Å². The molecule has 0 fully saturated rings. The van der Waals surface area contributed by atoms with Gasteiger partial charge < -0.3 is 9.53 Å². The van der Waals surface area contributed by atoms with Gasteiger partial charge in [-0.3, -0.25) is 0 Å². The number of ketones is 1. The minimum atomic E-state index is 0.0167. The van der Waals surface area contributed by atoms with E-state index in [4.69, 9.17) is 4.74 Å². The number of hydrogen-bond donors (Lipinski definition) is 0. The summed E-state index contributed by atoms with van der Waals surface area (Å²) >= 11 is 0. The number of carbonyl (C=O) groups is 1. The number of rotatable bonds is 6. The second-order valence-corrected chi connectivity index (χ2v) is 3.90. The molecule has 1 atom stereocenters. The summed E-state index contributed by atoms with van der Waals surface area (Å²) in [6, 6.07) is 7.84. The smallest absolute Gasteiger partial charge is 0.130 e. The first-order chi connectivity index (χ1) is 7.61. The Morgan fingerprint density at radius 2 is 2.06 bits per heavy atom. The lowest BCUT2D eigenvalue weighted by molar-refractivity contribution is -0.116. The Hall–Kier alpha value is -1.57. The van der Waals surface area contributed by atoms with Crippen molar-refractivity contribution < 1.29 is 9.53 Å². The van der Waals surface area contributed by atoms with E-state index in [2.05, 4.69) is 6.58 Å². The Balaban J connectivity index is 2.53. The van der Waals surface area contributed by atoms with Crippen LogP contribution < -0.4 is 4.74 Å². The Kier molecular flexibility index (Phi) is 4.77. The second-order valence-electron chi connectivity index (χ2n) is 3.90. The molecule has 0 saturated carbocycles. The minimum Gasteiger partial charge on any atom is -0.487 e. The molecule has 0 radical (unpaired) electrons. The summed E-state index contributed by atoms with van der Waals surface area (Å²) < 4.78 is 5.56. The quantitative estimate of drug-likeness (QED) is 0.685. The molecule has 0 heterocycles. The molecule has 1 aromatic rings. The largest absolute Gasteiger partial charge is 0.487 e. The van der Waals surface area contributed by atoms with Crippen LogP contribution in [0, 0.1) is 0 Å². The van der Waals surface area contributed by atoms with Crippen LogP contribution in [0.5, 0.6) is 5.75 Å². The summed E-state index contributed by atoms with van der Waals surface area (Å²) in [7, 11) is 0. The molecular weight excluding hydrogens is 200 g/mol. The molecular formula is C14H18O2. The van der Waals surface area contributed by atoms with Crippen LogP contribution in [0.15, 0.2) is 36.9 Å². The van der Waals surface area contributed by atoms with Gasteiger partial charge in [0.2, 0.25) is 0 Å². The highest BCUT2D eigenvalue weighted by molar-refractivity contribution is 5.75. The summed E-state index contributed by atoms with van der Waals surface area (Å²) in [5.41, 5.74) is 1.16. The van der Waals surface area contributed by atoms with E-state index in [0.717, 1.165) is 17.7 Å². The molecule has 0 aliphatic rings. The van der Waals surface area contributed by atoms with Gasteiger partial charge in [-0.05, 0) is 38.0 Å². The molecule has 1 unspecified atom stereocenters. The molecule has 0 N–H and O–H groups in total. The fourth-order valence-electron chi connectivity index (χ4n) is 1.32. The van der Waals surface area contributed by atoms with Crippen LogP contribution in [0.3, 0.4) is 0 Å². The van der Waals surface area contributed by atoms with Crippen molar-refractivity contribution in [1.82, 2.24) is 0 Å². The van der Waals surface area contributed by atoms with Gasteiger partial charge in [-0.25, -0.2) is 0 Å². The SMILES string of the molecule is C=CC(C)Oc1ccc(CCC(C)=O)cc1. The predicted octanol–water partition coefficient (Wildman–Crippen LogP) is 3.16. The zero-order valence-electron chi connectivity index (χ0n) is 9.90. The van der Waals surface area contributed by atoms with Crippen molar-refractivity contribution >= 4 is 5.78 Å². The summed E-state index contributed by atoms with van der Waals surface area (Å²) in [6.45, 7) is 7.22. The highest BCUT2D eigenvalue weighted by Crippen LogP contribution is 2.15. The summed E-state index contributed by atoms with van der Waals surface area (Å²) in [6.07, 6.45) is 3.17. The maximum Gasteiger partial charge on any atom is 0.130 e. The Morgan fingerprint density at radius 3 is 2.56 bits per heavy atom. The third-order valence-electron chi connectivity index (χ3n) is 2.34. The molecule has 86 valence electrons. The first-order valence-corrected chi connectivity index (χ1v) is 5.49.